The molecule has 2 rings (SSSR count). The number of hydrogen-bond donors (Lipinski definition) is 2. The third kappa shape index (κ3) is 5.03. The predicted molar refractivity (Wildman–Crippen MR) is 127 cm³/mol. The molecular weight excluding hydrogens is 412 g/mol. The predicted octanol–water partition coefficient (Wildman–Crippen LogP) is 4.70. The first-order valence-electron chi connectivity index (χ1n) is 10.6. The van der Waals surface area contributed by atoms with Crippen molar-refractivity contribution in [2.24, 2.45) is 10.9 Å². The molecule has 1 atom stereocenters. The minimum atomic E-state index is -0.245. The Hall–Kier alpha value is -2.54. The largest absolute Gasteiger partial charge is 0.511 e. The van der Waals surface area contributed by atoms with Gasteiger partial charge in [0.05, 0.1) is 16.3 Å². The molecule has 1 unspecified atom stereocenters. The van der Waals surface area contributed by atoms with E-state index in [0.717, 1.165) is 27.8 Å². The van der Waals surface area contributed by atoms with Crippen molar-refractivity contribution in [3.05, 3.63) is 44.7 Å². The van der Waals surface area contributed by atoms with Gasteiger partial charge in [0, 0.05) is 24.8 Å². The highest BCUT2D eigenvalue weighted by Gasteiger charge is 2.34. The lowest BCUT2D eigenvalue weighted by atomic mass is 9.74. The third-order valence-corrected chi connectivity index (χ3v) is 6.09. The first-order valence-corrected chi connectivity index (χ1v) is 11.0. The summed E-state index contributed by atoms with van der Waals surface area (Å²) >= 11 is 5.13. The van der Waals surface area contributed by atoms with E-state index in [1.807, 2.05) is 34.6 Å². The number of nitrogens with zero attached hydrogens (tertiary/aromatic N) is 1. The minimum Gasteiger partial charge on any atom is -0.511 e. The van der Waals surface area contributed by atoms with Gasteiger partial charge in [0.2, 0.25) is 0 Å². The number of carbonyl (C=O) groups is 2. The number of carbonyl (C=O) groups excluding carboxylic acids is 2. The Morgan fingerprint density at radius 3 is 2.32 bits per heavy atom. The molecule has 0 radical (unpaired) electrons. The fourth-order valence-electron chi connectivity index (χ4n) is 4.73. The maximum absolute atomic E-state index is 13.1. The average Bonchev–Trinajstić information content (AvgIpc) is 2.66. The standard InChI is InChI=1S/C24H32N2O4S/c1-7-18(26-30-8-2)24-19(28)9-16(10-20(24)29)23-13(4)17(11-21(25)31)12(3)22(14(23)5)15(6)27/h16,28H,7-11H2,1-6H3,(H2,25,31)/b26-18-. The summed E-state index contributed by atoms with van der Waals surface area (Å²) in [7, 11) is 0. The van der Waals surface area contributed by atoms with Gasteiger partial charge >= 0.3 is 0 Å². The number of oxime groups is 1. The second kappa shape index (κ2) is 10.2. The van der Waals surface area contributed by atoms with Gasteiger partial charge in [-0.1, -0.05) is 24.3 Å². The van der Waals surface area contributed by atoms with E-state index in [9.17, 15) is 14.7 Å². The number of allylic oxidation sites excluding steroid dienone is 2. The number of benzene rings is 1. The number of hydrogen-bond acceptors (Lipinski definition) is 6. The van der Waals surface area contributed by atoms with E-state index in [2.05, 4.69) is 5.16 Å². The van der Waals surface area contributed by atoms with Crippen molar-refractivity contribution in [3.63, 3.8) is 0 Å². The number of thiocarbonyl (C=S) groups is 1. The number of aliphatic hydroxyl groups excluding tert-OH is 1. The molecule has 1 aromatic carbocycles. The quantitative estimate of drug-likeness (QED) is 0.261. The van der Waals surface area contributed by atoms with E-state index in [1.165, 1.54) is 6.92 Å². The van der Waals surface area contributed by atoms with Crippen molar-refractivity contribution in [3.8, 4) is 0 Å². The molecule has 168 valence electrons. The van der Waals surface area contributed by atoms with Crippen molar-refractivity contribution in [2.45, 2.75) is 73.1 Å². The van der Waals surface area contributed by atoms with Crippen LogP contribution in [0.25, 0.3) is 0 Å². The van der Waals surface area contributed by atoms with Crippen LogP contribution in [-0.2, 0) is 16.1 Å². The van der Waals surface area contributed by atoms with Crippen LogP contribution in [0.3, 0.4) is 0 Å². The lowest BCUT2D eigenvalue weighted by Crippen LogP contribution is -2.26. The molecule has 7 heteroatoms. The number of aliphatic hydroxyl groups is 1. The van der Waals surface area contributed by atoms with Crippen LogP contribution < -0.4 is 5.73 Å². The van der Waals surface area contributed by atoms with Crippen molar-refractivity contribution in [1.82, 2.24) is 0 Å². The monoisotopic (exact) mass is 444 g/mol. The van der Waals surface area contributed by atoms with Gasteiger partial charge < -0.3 is 15.7 Å². The molecule has 1 aromatic rings. The van der Waals surface area contributed by atoms with E-state index in [0.29, 0.717) is 42.1 Å². The Bertz CT molecular complexity index is 992. The summed E-state index contributed by atoms with van der Waals surface area (Å²) in [5.41, 5.74) is 11.7. The number of nitrogens with two attached hydrogens (primary N) is 1. The van der Waals surface area contributed by atoms with Gasteiger partial charge in [0.25, 0.3) is 0 Å². The third-order valence-electron chi connectivity index (χ3n) is 5.94. The molecule has 0 aliphatic heterocycles. The van der Waals surface area contributed by atoms with Crippen LogP contribution in [0.1, 0.15) is 84.1 Å². The molecule has 0 spiro atoms. The molecule has 0 heterocycles. The highest BCUT2D eigenvalue weighted by molar-refractivity contribution is 7.80. The van der Waals surface area contributed by atoms with Gasteiger partial charge in [-0.3, -0.25) is 9.59 Å². The molecule has 1 aliphatic rings. The summed E-state index contributed by atoms with van der Waals surface area (Å²) in [5.74, 6) is -0.444. The smallest absolute Gasteiger partial charge is 0.168 e. The molecule has 1 aliphatic carbocycles. The average molecular weight is 445 g/mol. The summed E-state index contributed by atoms with van der Waals surface area (Å²) in [6, 6.07) is 0. The van der Waals surface area contributed by atoms with Crippen molar-refractivity contribution in [2.75, 3.05) is 6.61 Å². The van der Waals surface area contributed by atoms with E-state index >= 15 is 0 Å². The Kier molecular flexibility index (Phi) is 8.12. The zero-order chi connectivity index (χ0) is 23.5. The summed E-state index contributed by atoms with van der Waals surface area (Å²) < 4.78 is 0. The van der Waals surface area contributed by atoms with Gasteiger partial charge in [-0.05, 0) is 74.8 Å². The van der Waals surface area contributed by atoms with Crippen molar-refractivity contribution in [1.29, 1.82) is 0 Å². The Morgan fingerprint density at radius 2 is 1.84 bits per heavy atom. The molecular formula is C24H32N2O4S. The first-order chi connectivity index (χ1) is 14.5. The van der Waals surface area contributed by atoms with Crippen molar-refractivity contribution < 1.29 is 19.5 Å². The molecule has 0 fully saturated rings. The van der Waals surface area contributed by atoms with Gasteiger partial charge in [0.15, 0.2) is 11.6 Å². The fraction of sp³-hybridized carbons (Fsp3) is 0.500. The maximum atomic E-state index is 13.1. The van der Waals surface area contributed by atoms with Gasteiger partial charge in [-0.25, -0.2) is 0 Å². The molecule has 0 saturated carbocycles. The van der Waals surface area contributed by atoms with E-state index in [1.54, 1.807) is 0 Å². The fourth-order valence-corrected chi connectivity index (χ4v) is 4.87. The van der Waals surface area contributed by atoms with E-state index in [-0.39, 0.29) is 35.2 Å². The number of Topliss-reactive ketones (excluding diaryl/α,β-unsaturated/α-hetero) is 2. The Balaban J connectivity index is 2.65. The molecule has 0 amide bonds. The molecule has 3 N–H and O–H groups in total. The van der Waals surface area contributed by atoms with Crippen LogP contribution in [-0.4, -0.2) is 34.0 Å². The van der Waals surface area contributed by atoms with Crippen LogP contribution >= 0.6 is 12.2 Å². The SMILES string of the molecule is CCO/N=C(/CC)C1=C(O)CC(c2c(C)c(CC(N)=S)c(C)c(C(C)=O)c2C)CC1=O. The van der Waals surface area contributed by atoms with E-state index < -0.39 is 0 Å². The summed E-state index contributed by atoms with van der Waals surface area (Å²) in [4.78, 5) is 31.0. The van der Waals surface area contributed by atoms with Crippen LogP contribution in [0.5, 0.6) is 0 Å². The molecule has 31 heavy (non-hydrogen) atoms. The van der Waals surface area contributed by atoms with Crippen LogP contribution in [0.4, 0.5) is 0 Å². The lowest BCUT2D eigenvalue weighted by molar-refractivity contribution is -0.116. The Labute approximate surface area is 189 Å². The zero-order valence-electron chi connectivity index (χ0n) is 19.2. The highest BCUT2D eigenvalue weighted by atomic mass is 32.1. The molecule has 6 nitrogen and oxygen atoms in total. The van der Waals surface area contributed by atoms with Crippen LogP contribution in [0.2, 0.25) is 0 Å². The second-order valence-corrected chi connectivity index (χ2v) is 8.53. The molecule has 0 saturated heterocycles. The van der Waals surface area contributed by atoms with E-state index in [4.69, 9.17) is 22.8 Å². The highest BCUT2D eigenvalue weighted by Crippen LogP contribution is 2.40. The Morgan fingerprint density at radius 1 is 1.19 bits per heavy atom. The van der Waals surface area contributed by atoms with Gasteiger partial charge in [-0.15, -0.1) is 0 Å². The number of rotatable bonds is 8. The minimum absolute atomic E-state index is 0.0150. The molecule has 0 aromatic heterocycles. The van der Waals surface area contributed by atoms with Crippen molar-refractivity contribution >= 4 is 34.5 Å². The number of ketones is 2. The van der Waals surface area contributed by atoms with Crippen LogP contribution in [0.15, 0.2) is 16.5 Å². The maximum Gasteiger partial charge on any atom is 0.168 e. The first kappa shape index (κ1) is 24.7. The summed E-state index contributed by atoms with van der Waals surface area (Å²) in [5, 5.41) is 14.8. The topological polar surface area (TPSA) is 102 Å². The second-order valence-electron chi connectivity index (χ2n) is 8.00. The lowest BCUT2D eigenvalue weighted by Gasteiger charge is -2.29. The van der Waals surface area contributed by atoms with Crippen LogP contribution in [0, 0.1) is 20.8 Å². The summed E-state index contributed by atoms with van der Waals surface area (Å²) in [6.45, 7) is 11.4. The normalized spacial score (nSPS) is 17.2. The summed E-state index contributed by atoms with van der Waals surface area (Å²) in [6.07, 6.45) is 1.38. The molecule has 0 bridgehead atoms. The zero-order valence-corrected chi connectivity index (χ0v) is 20.0. The van der Waals surface area contributed by atoms with Gasteiger partial charge in [0.1, 0.15) is 12.4 Å². The van der Waals surface area contributed by atoms with Gasteiger partial charge in [-0.2, -0.15) is 0 Å².